The number of nitriles is 1. The molecule has 204 valence electrons. The molecule has 0 aromatic heterocycles. The van der Waals surface area contributed by atoms with Gasteiger partial charge in [0, 0.05) is 5.69 Å². The molecule has 0 bridgehead atoms. The van der Waals surface area contributed by atoms with Gasteiger partial charge in [-0.15, -0.1) is 0 Å². The summed E-state index contributed by atoms with van der Waals surface area (Å²) in [5.41, 5.74) is 13.7. The van der Waals surface area contributed by atoms with Gasteiger partial charge in [-0.2, -0.15) is 5.26 Å². The fourth-order valence-electron chi connectivity index (χ4n) is 7.17. The zero-order valence-electron chi connectivity index (χ0n) is 23.8. The summed E-state index contributed by atoms with van der Waals surface area (Å²) >= 11 is 0. The van der Waals surface area contributed by atoms with Gasteiger partial charge in [-0.3, -0.25) is 0 Å². The second-order valence-electron chi connectivity index (χ2n) is 11.2. The Balaban J connectivity index is 1.39. The Bertz CT molecular complexity index is 2100. The van der Waals surface area contributed by atoms with Crippen molar-refractivity contribution < 1.29 is 0 Å². The zero-order chi connectivity index (χ0) is 29.8. The molecule has 3 heteroatoms. The quantitative estimate of drug-likeness (QED) is 0.202. The highest BCUT2D eigenvalue weighted by molar-refractivity contribution is 5.96. The number of hydrogen-bond acceptors (Lipinski definition) is 2. The Kier molecular flexibility index (Phi) is 5.63. The third-order valence-electron chi connectivity index (χ3n) is 9.08. The van der Waals surface area contributed by atoms with Crippen LogP contribution in [0, 0.1) is 17.9 Å². The van der Waals surface area contributed by atoms with E-state index in [4.69, 9.17) is 6.57 Å². The Morgan fingerprint density at radius 3 is 1.82 bits per heavy atom. The van der Waals surface area contributed by atoms with Crippen LogP contribution in [0.3, 0.4) is 0 Å². The van der Waals surface area contributed by atoms with Crippen molar-refractivity contribution in [1.82, 2.24) is 0 Å². The third kappa shape index (κ3) is 3.48. The molecular formula is C41H25N3. The number of hydrogen-bond donors (Lipinski definition) is 0. The van der Waals surface area contributed by atoms with Crippen molar-refractivity contribution in [3.8, 4) is 28.3 Å². The first-order chi connectivity index (χ1) is 21.7. The van der Waals surface area contributed by atoms with Gasteiger partial charge >= 0.3 is 0 Å². The first-order valence-corrected chi connectivity index (χ1v) is 14.6. The maximum atomic E-state index is 9.96. The number of para-hydroxylation sites is 2. The normalized spacial score (nSPS) is 13.2. The summed E-state index contributed by atoms with van der Waals surface area (Å²) in [6.45, 7) is 11.7. The second-order valence-corrected chi connectivity index (χ2v) is 11.2. The van der Waals surface area contributed by atoms with Gasteiger partial charge in [-0.25, -0.2) is 4.85 Å². The first-order valence-electron chi connectivity index (χ1n) is 14.6. The van der Waals surface area contributed by atoms with Gasteiger partial charge in [0.25, 0.3) is 0 Å². The van der Waals surface area contributed by atoms with Crippen molar-refractivity contribution in [1.29, 1.82) is 5.26 Å². The summed E-state index contributed by atoms with van der Waals surface area (Å²) in [6.07, 6.45) is 1.86. The average molecular weight is 560 g/mol. The predicted molar refractivity (Wildman–Crippen MR) is 178 cm³/mol. The Morgan fingerprint density at radius 1 is 0.659 bits per heavy atom. The summed E-state index contributed by atoms with van der Waals surface area (Å²) in [6, 6.07) is 48.7. The highest BCUT2D eigenvalue weighted by atomic mass is 15.2. The fraction of sp³-hybridized carbons (Fsp3) is 0.0244. The van der Waals surface area contributed by atoms with Gasteiger partial charge in [0.05, 0.1) is 35.0 Å². The van der Waals surface area contributed by atoms with Crippen LogP contribution in [0.2, 0.25) is 0 Å². The van der Waals surface area contributed by atoms with E-state index < -0.39 is 5.41 Å². The summed E-state index contributed by atoms with van der Waals surface area (Å²) < 4.78 is 0. The molecule has 1 aliphatic carbocycles. The Labute approximate surface area is 257 Å². The smallest absolute Gasteiger partial charge is 0.187 e. The average Bonchev–Trinajstić information content (AvgIpc) is 3.38. The fourth-order valence-corrected chi connectivity index (χ4v) is 7.17. The lowest BCUT2D eigenvalue weighted by molar-refractivity contribution is 0.753. The molecule has 0 radical (unpaired) electrons. The van der Waals surface area contributed by atoms with Crippen LogP contribution >= 0.6 is 0 Å². The maximum Gasteiger partial charge on any atom is 0.187 e. The van der Waals surface area contributed by atoms with Crippen LogP contribution in [0.5, 0.6) is 0 Å². The van der Waals surface area contributed by atoms with E-state index in [9.17, 15) is 5.26 Å². The molecule has 0 amide bonds. The van der Waals surface area contributed by atoms with E-state index in [0.29, 0.717) is 11.3 Å². The number of rotatable bonds is 3. The topological polar surface area (TPSA) is 31.4 Å². The van der Waals surface area contributed by atoms with Gasteiger partial charge in [0.2, 0.25) is 0 Å². The van der Waals surface area contributed by atoms with Gasteiger partial charge in [-0.05, 0) is 86.5 Å². The van der Waals surface area contributed by atoms with Crippen LogP contribution in [0.25, 0.3) is 33.2 Å². The lowest BCUT2D eigenvalue weighted by Crippen LogP contribution is -2.36. The number of benzene rings is 6. The van der Waals surface area contributed by atoms with Crippen molar-refractivity contribution in [2.45, 2.75) is 5.41 Å². The van der Waals surface area contributed by atoms with E-state index >= 15 is 0 Å². The number of fused-ring (bicyclic) bond motifs is 9. The number of nitrogens with zero attached hydrogens (tertiary/aromatic N) is 3. The molecule has 44 heavy (non-hydrogen) atoms. The van der Waals surface area contributed by atoms with E-state index in [-0.39, 0.29) is 0 Å². The van der Waals surface area contributed by atoms with Crippen molar-refractivity contribution in [2.75, 3.05) is 4.90 Å². The molecule has 1 spiro atoms. The number of anilines is 3. The molecule has 8 rings (SSSR count). The minimum atomic E-state index is -0.686. The summed E-state index contributed by atoms with van der Waals surface area (Å²) in [7, 11) is 0. The van der Waals surface area contributed by atoms with E-state index in [2.05, 4.69) is 132 Å². The van der Waals surface area contributed by atoms with Gasteiger partial charge in [-0.1, -0.05) is 110 Å². The van der Waals surface area contributed by atoms with Crippen molar-refractivity contribution in [3.05, 3.63) is 185 Å². The predicted octanol–water partition coefficient (Wildman–Crippen LogP) is 10.6. The third-order valence-corrected chi connectivity index (χ3v) is 9.08. The minimum Gasteiger partial charge on any atom is -0.310 e. The molecule has 3 nitrogen and oxygen atoms in total. The highest BCUT2D eigenvalue weighted by Gasteiger charge is 2.51. The van der Waals surface area contributed by atoms with Crippen molar-refractivity contribution in [2.24, 2.45) is 0 Å². The van der Waals surface area contributed by atoms with Crippen LogP contribution in [-0.4, -0.2) is 0 Å². The molecule has 1 aliphatic heterocycles. The van der Waals surface area contributed by atoms with Crippen LogP contribution in [0.1, 0.15) is 33.4 Å². The molecule has 0 N–H and O–H groups in total. The van der Waals surface area contributed by atoms with E-state index in [0.717, 1.165) is 67.1 Å². The van der Waals surface area contributed by atoms with Gasteiger partial charge < -0.3 is 4.90 Å². The molecule has 1 heterocycles. The molecule has 0 saturated heterocycles. The van der Waals surface area contributed by atoms with Crippen LogP contribution in [0.15, 0.2) is 140 Å². The molecular weight excluding hydrogens is 534 g/mol. The van der Waals surface area contributed by atoms with Crippen molar-refractivity contribution in [3.63, 3.8) is 0 Å². The molecule has 0 atom stereocenters. The highest BCUT2D eigenvalue weighted by Crippen LogP contribution is 2.63. The summed E-state index contributed by atoms with van der Waals surface area (Å²) in [5.74, 6) is 0. The van der Waals surface area contributed by atoms with Crippen LogP contribution < -0.4 is 4.90 Å². The van der Waals surface area contributed by atoms with Crippen LogP contribution in [-0.2, 0) is 5.41 Å². The maximum absolute atomic E-state index is 9.96. The lowest BCUT2D eigenvalue weighted by Gasteiger charge is -2.45. The van der Waals surface area contributed by atoms with E-state index in [1.807, 2.05) is 30.3 Å². The van der Waals surface area contributed by atoms with E-state index in [1.165, 1.54) is 0 Å². The monoisotopic (exact) mass is 559 g/mol. The molecule has 2 aliphatic rings. The van der Waals surface area contributed by atoms with Gasteiger partial charge in [0.1, 0.15) is 0 Å². The molecule has 0 fully saturated rings. The molecule has 0 unspecified atom stereocenters. The zero-order valence-corrected chi connectivity index (χ0v) is 23.8. The van der Waals surface area contributed by atoms with Crippen molar-refractivity contribution >= 4 is 28.8 Å². The molecule has 0 saturated carbocycles. The Morgan fingerprint density at radius 2 is 1.23 bits per heavy atom. The standard InChI is InChI=1S/C41H25N3/c1-3-27-12-15-29(16-13-27)30-17-20-32(21-18-30)44-39-10-6-4-8-35(39)41(36-9-5-7-11-40(36)44)37-24-28(26-42)14-22-33(37)34-23-19-31(43-2)25-38(34)41/h3-25H,1H2. The SMILES string of the molecule is [C-]#[N+]c1ccc2c(c1)C1(c3cc(C#N)ccc3-2)c2ccccc2N(c2ccc(-c3ccc(C=C)cc3)cc2)c2ccccc21. The molecule has 6 aromatic rings. The summed E-state index contributed by atoms with van der Waals surface area (Å²) in [4.78, 5) is 6.16. The molecule has 6 aromatic carbocycles. The summed E-state index contributed by atoms with van der Waals surface area (Å²) in [5, 5.41) is 9.96. The Hall–Kier alpha value is -6.16. The van der Waals surface area contributed by atoms with E-state index in [1.54, 1.807) is 0 Å². The largest absolute Gasteiger partial charge is 0.310 e. The second kappa shape index (κ2) is 9.70. The first kappa shape index (κ1) is 25.5. The minimum absolute atomic E-state index is 0.602. The lowest BCUT2D eigenvalue weighted by atomic mass is 9.64. The van der Waals surface area contributed by atoms with Gasteiger partial charge in [0.15, 0.2) is 5.69 Å². The van der Waals surface area contributed by atoms with Crippen LogP contribution in [0.4, 0.5) is 22.7 Å².